The fourth-order valence-electron chi connectivity index (χ4n) is 3.86. The number of hydrogen-bond donors (Lipinski definition) is 0. The quantitative estimate of drug-likeness (QED) is 0.805. The first-order valence-electron chi connectivity index (χ1n) is 9.41. The van der Waals surface area contributed by atoms with Gasteiger partial charge in [-0.1, -0.05) is 6.07 Å². The van der Waals surface area contributed by atoms with Gasteiger partial charge in [0, 0.05) is 56.9 Å². The highest BCUT2D eigenvalue weighted by Crippen LogP contribution is 2.19. The van der Waals surface area contributed by atoms with E-state index < -0.39 is 0 Å². The molecule has 138 valence electrons. The summed E-state index contributed by atoms with van der Waals surface area (Å²) < 4.78 is 7.11. The summed E-state index contributed by atoms with van der Waals surface area (Å²) in [7, 11) is 0. The van der Waals surface area contributed by atoms with Gasteiger partial charge in [0.25, 0.3) is 5.56 Å². The van der Waals surface area contributed by atoms with E-state index in [0.29, 0.717) is 19.0 Å². The van der Waals surface area contributed by atoms with Crippen molar-refractivity contribution >= 4 is 5.91 Å². The summed E-state index contributed by atoms with van der Waals surface area (Å²) in [6, 6.07) is 5.53. The van der Waals surface area contributed by atoms with Gasteiger partial charge in [-0.15, -0.1) is 0 Å². The van der Waals surface area contributed by atoms with Crippen molar-refractivity contribution in [1.82, 2.24) is 14.4 Å². The molecule has 1 aromatic heterocycles. The average molecular weight is 347 g/mol. The van der Waals surface area contributed by atoms with Gasteiger partial charge >= 0.3 is 0 Å². The molecule has 1 atom stereocenters. The van der Waals surface area contributed by atoms with Crippen molar-refractivity contribution in [2.24, 2.45) is 0 Å². The van der Waals surface area contributed by atoms with E-state index in [0.717, 1.165) is 57.9 Å². The summed E-state index contributed by atoms with van der Waals surface area (Å²) in [5.74, 6) is 0.174. The van der Waals surface area contributed by atoms with Gasteiger partial charge in [0.2, 0.25) is 5.91 Å². The molecule has 0 N–H and O–H groups in total. The van der Waals surface area contributed by atoms with Crippen molar-refractivity contribution in [2.75, 3.05) is 39.4 Å². The van der Waals surface area contributed by atoms with Crippen molar-refractivity contribution in [3.63, 3.8) is 0 Å². The number of hydrogen-bond acceptors (Lipinski definition) is 4. The van der Waals surface area contributed by atoms with Crippen LogP contribution in [0.25, 0.3) is 0 Å². The molecule has 0 radical (unpaired) electrons. The van der Waals surface area contributed by atoms with Crippen molar-refractivity contribution in [3.8, 4) is 0 Å². The molecule has 1 aromatic rings. The number of rotatable bonds is 5. The van der Waals surface area contributed by atoms with Crippen LogP contribution in [0.2, 0.25) is 0 Å². The maximum Gasteiger partial charge on any atom is 0.250 e. The lowest BCUT2D eigenvalue weighted by molar-refractivity contribution is -0.135. The Morgan fingerprint density at radius 2 is 2.00 bits per heavy atom. The van der Waals surface area contributed by atoms with Gasteiger partial charge in [-0.3, -0.25) is 14.5 Å². The van der Waals surface area contributed by atoms with Crippen LogP contribution in [0.5, 0.6) is 0 Å². The Balaban J connectivity index is 1.59. The summed E-state index contributed by atoms with van der Waals surface area (Å²) in [5.41, 5.74) is 0.875. The molecule has 0 aliphatic carbocycles. The SMILES string of the molecule is Cc1cccc(=O)n1CCC(=O)N1CCCCC1CN1CCOCC1. The summed E-state index contributed by atoms with van der Waals surface area (Å²) in [6.45, 7) is 7.65. The molecule has 0 spiro atoms. The van der Waals surface area contributed by atoms with E-state index >= 15 is 0 Å². The largest absolute Gasteiger partial charge is 0.379 e. The Labute approximate surface area is 149 Å². The molecule has 6 nitrogen and oxygen atoms in total. The number of piperidine rings is 1. The van der Waals surface area contributed by atoms with E-state index in [9.17, 15) is 9.59 Å². The second kappa shape index (κ2) is 8.63. The third-order valence-corrected chi connectivity index (χ3v) is 5.34. The lowest BCUT2D eigenvalue weighted by Gasteiger charge is -2.39. The minimum atomic E-state index is -0.0312. The number of aryl methyl sites for hydroxylation is 1. The number of morpholine rings is 1. The topological polar surface area (TPSA) is 54.8 Å². The van der Waals surface area contributed by atoms with Crippen LogP contribution in [0.15, 0.2) is 23.0 Å². The normalized spacial score (nSPS) is 22.1. The summed E-state index contributed by atoms with van der Waals surface area (Å²) in [4.78, 5) is 29.3. The maximum absolute atomic E-state index is 12.8. The molecule has 2 fully saturated rings. The number of ether oxygens (including phenoxy) is 1. The van der Waals surface area contributed by atoms with Crippen LogP contribution in [0.1, 0.15) is 31.4 Å². The first kappa shape index (κ1) is 18.1. The second-order valence-electron chi connectivity index (χ2n) is 7.06. The highest BCUT2D eigenvalue weighted by molar-refractivity contribution is 5.76. The smallest absolute Gasteiger partial charge is 0.250 e. The Morgan fingerprint density at radius 1 is 1.20 bits per heavy atom. The van der Waals surface area contributed by atoms with Crippen LogP contribution in [0, 0.1) is 6.92 Å². The van der Waals surface area contributed by atoms with Crippen LogP contribution < -0.4 is 5.56 Å². The van der Waals surface area contributed by atoms with Gasteiger partial charge < -0.3 is 14.2 Å². The molecule has 2 saturated heterocycles. The van der Waals surface area contributed by atoms with Gasteiger partial charge in [0.1, 0.15) is 0 Å². The fourth-order valence-corrected chi connectivity index (χ4v) is 3.86. The zero-order valence-corrected chi connectivity index (χ0v) is 15.2. The molecule has 6 heteroatoms. The lowest BCUT2D eigenvalue weighted by Crippen LogP contribution is -2.51. The first-order chi connectivity index (χ1) is 12.1. The predicted molar refractivity (Wildman–Crippen MR) is 96.7 cm³/mol. The molecule has 0 bridgehead atoms. The zero-order valence-electron chi connectivity index (χ0n) is 15.2. The summed E-state index contributed by atoms with van der Waals surface area (Å²) >= 11 is 0. The molecule has 1 unspecified atom stereocenters. The van der Waals surface area contributed by atoms with E-state index in [1.54, 1.807) is 16.7 Å². The molecule has 2 aliphatic rings. The van der Waals surface area contributed by atoms with Gasteiger partial charge in [0.05, 0.1) is 13.2 Å². The van der Waals surface area contributed by atoms with Gasteiger partial charge in [-0.2, -0.15) is 0 Å². The van der Waals surface area contributed by atoms with E-state index in [-0.39, 0.29) is 11.5 Å². The van der Waals surface area contributed by atoms with Crippen molar-refractivity contribution in [3.05, 3.63) is 34.2 Å². The third kappa shape index (κ3) is 4.70. The number of aromatic nitrogens is 1. The molecule has 0 saturated carbocycles. The van der Waals surface area contributed by atoms with Crippen LogP contribution in [0.3, 0.4) is 0 Å². The van der Waals surface area contributed by atoms with E-state index in [2.05, 4.69) is 9.80 Å². The van der Waals surface area contributed by atoms with Crippen LogP contribution in [-0.2, 0) is 16.1 Å². The number of carbonyl (C=O) groups excluding carboxylic acids is 1. The van der Waals surface area contributed by atoms with Crippen LogP contribution >= 0.6 is 0 Å². The zero-order chi connectivity index (χ0) is 17.6. The monoisotopic (exact) mass is 347 g/mol. The Kier molecular flexibility index (Phi) is 6.26. The molecular weight excluding hydrogens is 318 g/mol. The minimum Gasteiger partial charge on any atom is -0.379 e. The van der Waals surface area contributed by atoms with Gasteiger partial charge in [-0.25, -0.2) is 0 Å². The maximum atomic E-state index is 12.8. The fraction of sp³-hybridized carbons (Fsp3) is 0.684. The average Bonchev–Trinajstić information content (AvgIpc) is 2.62. The van der Waals surface area contributed by atoms with Crippen LogP contribution in [-0.4, -0.2) is 65.7 Å². The Morgan fingerprint density at radius 3 is 2.76 bits per heavy atom. The number of nitrogens with zero attached hydrogens (tertiary/aromatic N) is 3. The standard InChI is InChI=1S/C19H29N3O3/c1-16-5-4-7-18(23)21(16)10-8-19(24)22-9-3-2-6-17(22)15-20-11-13-25-14-12-20/h4-5,7,17H,2-3,6,8-15H2,1H3. The molecule has 3 rings (SSSR count). The van der Waals surface area contributed by atoms with Crippen molar-refractivity contribution in [2.45, 2.75) is 45.2 Å². The summed E-state index contributed by atoms with van der Waals surface area (Å²) in [5, 5.41) is 0. The summed E-state index contributed by atoms with van der Waals surface area (Å²) in [6.07, 6.45) is 3.74. The van der Waals surface area contributed by atoms with Crippen molar-refractivity contribution in [1.29, 1.82) is 0 Å². The molecular formula is C19H29N3O3. The lowest BCUT2D eigenvalue weighted by atomic mass is 10.0. The van der Waals surface area contributed by atoms with E-state index in [1.165, 1.54) is 6.42 Å². The number of amides is 1. The van der Waals surface area contributed by atoms with E-state index in [4.69, 9.17) is 4.74 Å². The van der Waals surface area contributed by atoms with Crippen LogP contribution in [0.4, 0.5) is 0 Å². The molecule has 2 aliphatic heterocycles. The third-order valence-electron chi connectivity index (χ3n) is 5.34. The molecule has 0 aromatic carbocycles. The minimum absolute atomic E-state index is 0.0312. The van der Waals surface area contributed by atoms with Gasteiger partial charge in [0.15, 0.2) is 0 Å². The molecule has 25 heavy (non-hydrogen) atoms. The van der Waals surface area contributed by atoms with E-state index in [1.807, 2.05) is 13.0 Å². The van der Waals surface area contributed by atoms with Gasteiger partial charge in [-0.05, 0) is 32.3 Å². The Bertz CT molecular complexity index is 637. The van der Waals surface area contributed by atoms with Crippen molar-refractivity contribution < 1.29 is 9.53 Å². The number of pyridine rings is 1. The first-order valence-corrected chi connectivity index (χ1v) is 9.41. The number of carbonyl (C=O) groups is 1. The number of likely N-dealkylation sites (tertiary alicyclic amines) is 1. The molecule has 3 heterocycles. The Hall–Kier alpha value is -1.66. The second-order valence-corrected chi connectivity index (χ2v) is 7.06. The highest BCUT2D eigenvalue weighted by atomic mass is 16.5. The molecule has 1 amide bonds. The predicted octanol–water partition coefficient (Wildman–Crippen LogP) is 1.26. The highest BCUT2D eigenvalue weighted by Gasteiger charge is 2.28.